The molecular weight excluding hydrogens is 283 g/mol. The summed E-state index contributed by atoms with van der Waals surface area (Å²) in [7, 11) is 1.30. The van der Waals surface area contributed by atoms with E-state index in [0.29, 0.717) is 0 Å². The molecule has 1 aromatic rings. The summed E-state index contributed by atoms with van der Waals surface area (Å²) in [5.74, 6) is -1.86. The topological polar surface area (TPSA) is 66.8 Å². The van der Waals surface area contributed by atoms with Crippen LogP contribution in [0.25, 0.3) is 0 Å². The van der Waals surface area contributed by atoms with Crippen molar-refractivity contribution in [2.75, 3.05) is 7.11 Å². The Hall–Kier alpha value is -1.30. The lowest BCUT2D eigenvalue weighted by atomic mass is 10.1. The second-order valence-corrected chi connectivity index (χ2v) is 3.89. The van der Waals surface area contributed by atoms with Crippen molar-refractivity contribution in [2.24, 2.45) is 0 Å². The molecule has 2 N–H and O–H groups in total. The summed E-state index contributed by atoms with van der Waals surface area (Å²) in [6.45, 7) is 0. The minimum atomic E-state index is -1.03. The van der Waals surface area contributed by atoms with E-state index in [1.807, 2.05) is 0 Å². The van der Waals surface area contributed by atoms with E-state index >= 15 is 0 Å². The summed E-state index contributed by atoms with van der Waals surface area (Å²) in [6.07, 6.45) is -0.208. The minimum absolute atomic E-state index is 0.000690. The molecule has 0 spiro atoms. The van der Waals surface area contributed by atoms with Gasteiger partial charge in [0.15, 0.2) is 11.5 Å². The highest BCUT2D eigenvalue weighted by atomic mass is 79.9. The van der Waals surface area contributed by atoms with E-state index in [-0.39, 0.29) is 34.4 Å². The van der Waals surface area contributed by atoms with Gasteiger partial charge in [-0.25, -0.2) is 4.39 Å². The van der Waals surface area contributed by atoms with E-state index in [1.165, 1.54) is 7.11 Å². The molecule has 0 fully saturated rings. The Morgan fingerprint density at radius 3 is 2.75 bits per heavy atom. The van der Waals surface area contributed by atoms with Crippen LogP contribution in [0.1, 0.15) is 12.0 Å². The Bertz CT molecular complexity index is 420. The van der Waals surface area contributed by atoms with Crippen LogP contribution in [0.3, 0.4) is 0 Å². The molecule has 0 aliphatic heterocycles. The number of carboxylic acids is 1. The molecule has 0 bridgehead atoms. The van der Waals surface area contributed by atoms with Crippen LogP contribution in [0.15, 0.2) is 10.5 Å². The zero-order valence-corrected chi connectivity index (χ0v) is 10.0. The number of hydrogen-bond acceptors (Lipinski definition) is 3. The second-order valence-electron chi connectivity index (χ2n) is 3.10. The van der Waals surface area contributed by atoms with Crippen molar-refractivity contribution in [1.29, 1.82) is 0 Å². The van der Waals surface area contributed by atoms with Crippen molar-refractivity contribution in [3.8, 4) is 11.5 Å². The van der Waals surface area contributed by atoms with Gasteiger partial charge in [0.1, 0.15) is 5.82 Å². The first-order valence-electron chi connectivity index (χ1n) is 4.43. The average molecular weight is 293 g/mol. The molecule has 0 aromatic heterocycles. The number of phenols is 1. The third-order valence-electron chi connectivity index (χ3n) is 2.06. The van der Waals surface area contributed by atoms with Gasteiger partial charge in [0.25, 0.3) is 0 Å². The summed E-state index contributed by atoms with van der Waals surface area (Å²) in [5.41, 5.74) is 0.126. The SMILES string of the molecule is COc1cc(F)c(CCC(=O)O)c(Br)c1O. The van der Waals surface area contributed by atoms with Gasteiger partial charge in [0.05, 0.1) is 11.6 Å². The summed E-state index contributed by atoms with van der Waals surface area (Å²) < 4.78 is 18.4. The van der Waals surface area contributed by atoms with Gasteiger partial charge in [-0.2, -0.15) is 0 Å². The monoisotopic (exact) mass is 292 g/mol. The van der Waals surface area contributed by atoms with Gasteiger partial charge in [-0.3, -0.25) is 4.79 Å². The number of methoxy groups -OCH3 is 1. The minimum Gasteiger partial charge on any atom is -0.503 e. The summed E-state index contributed by atoms with van der Waals surface area (Å²) >= 11 is 3.01. The first-order valence-corrected chi connectivity index (χ1v) is 5.22. The van der Waals surface area contributed by atoms with Crippen LogP contribution in [0.2, 0.25) is 0 Å². The van der Waals surface area contributed by atoms with Crippen LogP contribution in [-0.4, -0.2) is 23.3 Å². The number of aromatic hydroxyl groups is 1. The molecule has 6 heteroatoms. The molecule has 0 saturated carbocycles. The number of hydrogen-bond donors (Lipinski definition) is 2. The second kappa shape index (κ2) is 5.16. The van der Waals surface area contributed by atoms with Gasteiger partial charge in [-0.1, -0.05) is 0 Å². The Morgan fingerprint density at radius 2 is 2.25 bits per heavy atom. The van der Waals surface area contributed by atoms with Gasteiger partial charge in [-0.05, 0) is 22.4 Å². The number of aliphatic carboxylic acids is 1. The van der Waals surface area contributed by atoms with Crippen molar-refractivity contribution >= 4 is 21.9 Å². The number of rotatable bonds is 4. The maximum atomic E-state index is 13.5. The third kappa shape index (κ3) is 2.63. The maximum absolute atomic E-state index is 13.5. The summed E-state index contributed by atoms with van der Waals surface area (Å²) in [4.78, 5) is 10.4. The Kier molecular flexibility index (Phi) is 4.12. The number of carboxylic acid groups (broad SMARTS) is 1. The van der Waals surface area contributed by atoms with Crippen LogP contribution in [-0.2, 0) is 11.2 Å². The normalized spacial score (nSPS) is 10.2. The van der Waals surface area contributed by atoms with Crippen LogP contribution < -0.4 is 4.74 Å². The smallest absolute Gasteiger partial charge is 0.303 e. The van der Waals surface area contributed by atoms with Crippen molar-refractivity contribution in [2.45, 2.75) is 12.8 Å². The van der Waals surface area contributed by atoms with Gasteiger partial charge in [-0.15, -0.1) is 0 Å². The first kappa shape index (κ1) is 12.8. The van der Waals surface area contributed by atoms with Crippen molar-refractivity contribution < 1.29 is 24.1 Å². The highest BCUT2D eigenvalue weighted by Crippen LogP contribution is 2.38. The molecule has 0 radical (unpaired) electrons. The standard InChI is InChI=1S/C10H10BrFO4/c1-16-7-4-6(12)5(2-3-8(13)14)9(11)10(7)15/h4,15H,2-3H2,1H3,(H,13,14). The molecule has 1 rings (SSSR count). The Morgan fingerprint density at radius 1 is 1.62 bits per heavy atom. The predicted octanol–water partition coefficient (Wildman–Crippen LogP) is 2.32. The van der Waals surface area contributed by atoms with Crippen molar-refractivity contribution in [3.05, 3.63) is 21.9 Å². The van der Waals surface area contributed by atoms with Gasteiger partial charge in [0.2, 0.25) is 0 Å². The number of phenolic OH excluding ortho intramolecular Hbond substituents is 1. The number of benzene rings is 1. The van der Waals surface area contributed by atoms with Crippen LogP contribution in [0.4, 0.5) is 4.39 Å². The lowest BCUT2D eigenvalue weighted by Crippen LogP contribution is -2.01. The van der Waals surface area contributed by atoms with E-state index in [2.05, 4.69) is 15.9 Å². The highest BCUT2D eigenvalue weighted by molar-refractivity contribution is 9.10. The lowest BCUT2D eigenvalue weighted by Gasteiger charge is -2.10. The van der Waals surface area contributed by atoms with Crippen molar-refractivity contribution in [1.82, 2.24) is 0 Å². The van der Waals surface area contributed by atoms with Crippen molar-refractivity contribution in [3.63, 3.8) is 0 Å². The largest absolute Gasteiger partial charge is 0.503 e. The number of halogens is 2. The third-order valence-corrected chi connectivity index (χ3v) is 2.92. The van der Waals surface area contributed by atoms with E-state index in [1.54, 1.807) is 0 Å². The van der Waals surface area contributed by atoms with Gasteiger partial charge in [0, 0.05) is 18.1 Å². The van der Waals surface area contributed by atoms with Gasteiger partial charge >= 0.3 is 5.97 Å². The average Bonchev–Trinajstić information content (AvgIpc) is 2.22. The van der Waals surface area contributed by atoms with Crippen LogP contribution in [0, 0.1) is 5.82 Å². The molecule has 88 valence electrons. The molecule has 0 aliphatic carbocycles. The number of ether oxygens (including phenoxy) is 1. The lowest BCUT2D eigenvalue weighted by molar-refractivity contribution is -0.136. The first-order chi connectivity index (χ1) is 7.47. The summed E-state index contributed by atoms with van der Waals surface area (Å²) in [6, 6.07) is 1.03. The van der Waals surface area contributed by atoms with Crippen LogP contribution >= 0.6 is 15.9 Å². The molecule has 16 heavy (non-hydrogen) atoms. The zero-order chi connectivity index (χ0) is 12.3. The highest BCUT2D eigenvalue weighted by Gasteiger charge is 2.17. The maximum Gasteiger partial charge on any atom is 0.303 e. The molecule has 4 nitrogen and oxygen atoms in total. The zero-order valence-electron chi connectivity index (χ0n) is 8.46. The predicted molar refractivity (Wildman–Crippen MR) is 58.3 cm³/mol. The van der Waals surface area contributed by atoms with E-state index < -0.39 is 11.8 Å². The Balaban J connectivity index is 3.10. The van der Waals surface area contributed by atoms with E-state index in [4.69, 9.17) is 9.84 Å². The number of carbonyl (C=O) groups is 1. The molecular formula is C10H10BrFO4. The fourth-order valence-corrected chi connectivity index (χ4v) is 1.83. The van der Waals surface area contributed by atoms with E-state index in [9.17, 15) is 14.3 Å². The molecule has 0 amide bonds. The molecule has 0 atom stereocenters. The molecule has 0 aliphatic rings. The molecule has 0 saturated heterocycles. The Labute approximate surface area is 99.8 Å². The molecule has 0 heterocycles. The quantitative estimate of drug-likeness (QED) is 0.894. The van der Waals surface area contributed by atoms with Gasteiger partial charge < -0.3 is 14.9 Å². The fraction of sp³-hybridized carbons (Fsp3) is 0.300. The molecule has 1 aromatic carbocycles. The molecule has 0 unspecified atom stereocenters. The summed E-state index contributed by atoms with van der Waals surface area (Å²) in [5, 5.41) is 18.1. The van der Waals surface area contributed by atoms with E-state index in [0.717, 1.165) is 6.07 Å². The van der Waals surface area contributed by atoms with Crippen LogP contribution in [0.5, 0.6) is 11.5 Å². The fourth-order valence-electron chi connectivity index (χ4n) is 1.24.